The summed E-state index contributed by atoms with van der Waals surface area (Å²) in [5, 5.41) is 0. The Morgan fingerprint density at radius 1 is 0.900 bits per heavy atom. The van der Waals surface area contributed by atoms with Crippen LogP contribution in [0, 0.1) is 11.8 Å². The van der Waals surface area contributed by atoms with Crippen molar-refractivity contribution in [1.82, 2.24) is 9.80 Å². The van der Waals surface area contributed by atoms with Gasteiger partial charge in [-0.3, -0.25) is 14.5 Å². The lowest BCUT2D eigenvalue weighted by Gasteiger charge is -2.37. The molecular formula is C25H34N2O3. The summed E-state index contributed by atoms with van der Waals surface area (Å²) in [5.41, 5.74) is 1.85. The number of methoxy groups -OCH3 is 1. The first-order valence-corrected chi connectivity index (χ1v) is 11.5. The molecule has 4 rings (SSSR count). The number of rotatable bonds is 4. The summed E-state index contributed by atoms with van der Waals surface area (Å²) in [4.78, 5) is 31.3. The highest BCUT2D eigenvalue weighted by Crippen LogP contribution is 2.40. The van der Waals surface area contributed by atoms with E-state index >= 15 is 0 Å². The van der Waals surface area contributed by atoms with Crippen molar-refractivity contribution in [1.29, 1.82) is 0 Å². The maximum absolute atomic E-state index is 13.8. The maximum atomic E-state index is 13.8. The van der Waals surface area contributed by atoms with E-state index in [0.29, 0.717) is 28.9 Å². The highest BCUT2D eigenvalue weighted by atomic mass is 16.5. The number of para-hydroxylation sites is 1. The molecule has 5 nitrogen and oxygen atoms in total. The van der Waals surface area contributed by atoms with Crippen LogP contribution in [0.4, 0.5) is 0 Å². The number of hydrogen-bond donors (Lipinski definition) is 0. The molecule has 0 radical (unpaired) electrons. The number of likely N-dealkylation sites (tertiary alicyclic amines) is 1. The predicted molar refractivity (Wildman–Crippen MR) is 118 cm³/mol. The van der Waals surface area contributed by atoms with Gasteiger partial charge in [0.05, 0.1) is 12.7 Å². The predicted octanol–water partition coefficient (Wildman–Crippen LogP) is 4.48. The molecule has 5 heteroatoms. The van der Waals surface area contributed by atoms with E-state index in [1.165, 1.54) is 12.8 Å². The van der Waals surface area contributed by atoms with Gasteiger partial charge in [0.1, 0.15) is 11.4 Å². The van der Waals surface area contributed by atoms with Crippen LogP contribution in [-0.4, -0.2) is 47.9 Å². The van der Waals surface area contributed by atoms with Crippen molar-refractivity contribution in [2.75, 3.05) is 20.2 Å². The van der Waals surface area contributed by atoms with E-state index in [0.717, 1.165) is 50.8 Å². The monoisotopic (exact) mass is 410 g/mol. The average Bonchev–Trinajstić information content (AvgIpc) is 2.88. The molecule has 2 fully saturated rings. The molecule has 0 spiro atoms. The zero-order valence-corrected chi connectivity index (χ0v) is 18.5. The van der Waals surface area contributed by atoms with E-state index in [1.54, 1.807) is 12.0 Å². The van der Waals surface area contributed by atoms with Gasteiger partial charge in [-0.2, -0.15) is 0 Å². The molecule has 2 aliphatic heterocycles. The lowest BCUT2D eigenvalue weighted by Crippen LogP contribution is -2.44. The van der Waals surface area contributed by atoms with E-state index in [4.69, 9.17) is 4.74 Å². The Morgan fingerprint density at radius 2 is 1.53 bits per heavy atom. The molecule has 1 aliphatic carbocycles. The third-order valence-electron chi connectivity index (χ3n) is 6.84. The summed E-state index contributed by atoms with van der Waals surface area (Å²) in [6.07, 6.45) is 7.52. The number of piperidine rings is 1. The molecule has 1 aromatic carbocycles. The second-order valence-electron chi connectivity index (χ2n) is 9.40. The van der Waals surface area contributed by atoms with Gasteiger partial charge in [-0.05, 0) is 37.2 Å². The van der Waals surface area contributed by atoms with Gasteiger partial charge >= 0.3 is 0 Å². The van der Waals surface area contributed by atoms with Crippen LogP contribution in [0.25, 0.3) is 5.57 Å². The third-order valence-corrected chi connectivity index (χ3v) is 6.84. The van der Waals surface area contributed by atoms with Gasteiger partial charge < -0.3 is 9.64 Å². The fourth-order valence-electron chi connectivity index (χ4n) is 5.62. The molecule has 3 aliphatic rings. The quantitative estimate of drug-likeness (QED) is 0.543. The van der Waals surface area contributed by atoms with Gasteiger partial charge in [0.15, 0.2) is 0 Å². The van der Waals surface area contributed by atoms with Crippen molar-refractivity contribution in [2.24, 2.45) is 11.8 Å². The summed E-state index contributed by atoms with van der Waals surface area (Å²) in [6, 6.07) is 7.60. The summed E-state index contributed by atoms with van der Waals surface area (Å²) < 4.78 is 5.59. The van der Waals surface area contributed by atoms with Crippen LogP contribution in [0.15, 0.2) is 30.0 Å². The number of amides is 2. The van der Waals surface area contributed by atoms with Crippen LogP contribution in [0.3, 0.4) is 0 Å². The Hall–Kier alpha value is -2.30. The first kappa shape index (κ1) is 21.0. The van der Waals surface area contributed by atoms with Gasteiger partial charge in [0.2, 0.25) is 0 Å². The first-order chi connectivity index (χ1) is 14.5. The molecule has 0 aromatic heterocycles. The molecule has 2 atom stereocenters. The topological polar surface area (TPSA) is 49.9 Å². The molecular weight excluding hydrogens is 376 g/mol. The van der Waals surface area contributed by atoms with E-state index in [9.17, 15) is 9.59 Å². The van der Waals surface area contributed by atoms with Gasteiger partial charge in [0, 0.05) is 24.7 Å². The Kier molecular flexibility index (Phi) is 6.16. The minimum atomic E-state index is -0.141. The minimum Gasteiger partial charge on any atom is -0.496 e. The number of carbonyl (C=O) groups excluding carboxylic acids is 2. The average molecular weight is 411 g/mol. The van der Waals surface area contributed by atoms with Crippen LogP contribution in [0.2, 0.25) is 0 Å². The standard InChI is InChI=1S/C25H34N2O3/c1-17-14-18(2)16-26(15-17)23-22(20-12-8-9-13-21(20)30-3)24(28)27(25(23)29)19-10-6-4-5-7-11-19/h8-9,12-13,17-19H,4-7,10-11,14-16H2,1-3H3. The van der Waals surface area contributed by atoms with E-state index < -0.39 is 0 Å². The van der Waals surface area contributed by atoms with Crippen molar-refractivity contribution < 1.29 is 14.3 Å². The van der Waals surface area contributed by atoms with Crippen LogP contribution >= 0.6 is 0 Å². The minimum absolute atomic E-state index is 0.00865. The number of imide groups is 1. The molecule has 1 saturated carbocycles. The van der Waals surface area contributed by atoms with Crippen LogP contribution in [0.1, 0.15) is 64.4 Å². The van der Waals surface area contributed by atoms with Gasteiger partial charge in [-0.1, -0.05) is 57.7 Å². The van der Waals surface area contributed by atoms with Crippen LogP contribution in [-0.2, 0) is 9.59 Å². The molecule has 1 aromatic rings. The van der Waals surface area contributed by atoms with Crippen molar-refractivity contribution >= 4 is 17.4 Å². The van der Waals surface area contributed by atoms with Crippen molar-refractivity contribution in [2.45, 2.75) is 64.8 Å². The van der Waals surface area contributed by atoms with Crippen molar-refractivity contribution in [3.05, 3.63) is 35.5 Å². The fraction of sp³-hybridized carbons (Fsp3) is 0.600. The molecule has 2 heterocycles. The molecule has 2 amide bonds. The Balaban J connectivity index is 1.79. The highest BCUT2D eigenvalue weighted by Gasteiger charge is 2.46. The molecule has 0 bridgehead atoms. The number of benzene rings is 1. The number of carbonyl (C=O) groups is 2. The molecule has 1 saturated heterocycles. The van der Waals surface area contributed by atoms with Gasteiger partial charge in [-0.15, -0.1) is 0 Å². The highest BCUT2D eigenvalue weighted by molar-refractivity contribution is 6.36. The zero-order chi connectivity index (χ0) is 21.3. The Bertz CT molecular complexity index is 829. The summed E-state index contributed by atoms with van der Waals surface area (Å²) >= 11 is 0. The van der Waals surface area contributed by atoms with E-state index in [1.807, 2.05) is 24.3 Å². The smallest absolute Gasteiger partial charge is 0.278 e. The Labute approximate surface area is 180 Å². The van der Waals surface area contributed by atoms with Crippen molar-refractivity contribution in [3.63, 3.8) is 0 Å². The maximum Gasteiger partial charge on any atom is 0.278 e. The zero-order valence-electron chi connectivity index (χ0n) is 18.5. The normalized spacial score (nSPS) is 26.4. The summed E-state index contributed by atoms with van der Waals surface area (Å²) in [7, 11) is 1.62. The summed E-state index contributed by atoms with van der Waals surface area (Å²) in [5.74, 6) is 1.39. The molecule has 162 valence electrons. The lowest BCUT2D eigenvalue weighted by molar-refractivity contribution is -0.140. The summed E-state index contributed by atoms with van der Waals surface area (Å²) in [6.45, 7) is 6.10. The Morgan fingerprint density at radius 3 is 2.17 bits per heavy atom. The van der Waals surface area contributed by atoms with Crippen LogP contribution in [0.5, 0.6) is 5.75 Å². The lowest BCUT2D eigenvalue weighted by atomic mass is 9.91. The van der Waals surface area contributed by atoms with Gasteiger partial charge in [0.25, 0.3) is 11.8 Å². The third kappa shape index (κ3) is 3.86. The van der Waals surface area contributed by atoms with Crippen molar-refractivity contribution in [3.8, 4) is 5.75 Å². The second kappa shape index (κ2) is 8.83. The molecule has 0 N–H and O–H groups in total. The largest absolute Gasteiger partial charge is 0.496 e. The van der Waals surface area contributed by atoms with Crippen LogP contribution < -0.4 is 4.74 Å². The second-order valence-corrected chi connectivity index (χ2v) is 9.40. The molecule has 2 unspecified atom stereocenters. The van der Waals surface area contributed by atoms with E-state index in [-0.39, 0.29) is 17.9 Å². The van der Waals surface area contributed by atoms with Gasteiger partial charge in [-0.25, -0.2) is 0 Å². The molecule has 30 heavy (non-hydrogen) atoms. The number of hydrogen-bond acceptors (Lipinski definition) is 4. The van der Waals surface area contributed by atoms with E-state index in [2.05, 4.69) is 18.7 Å². The number of nitrogens with zero attached hydrogens (tertiary/aromatic N) is 2. The SMILES string of the molecule is COc1ccccc1C1=C(N2CC(C)CC(C)C2)C(=O)N(C2CCCCCC2)C1=O. The first-order valence-electron chi connectivity index (χ1n) is 11.5. The number of ether oxygens (including phenoxy) is 1. The fourth-order valence-corrected chi connectivity index (χ4v) is 5.62.